The van der Waals surface area contributed by atoms with Gasteiger partial charge in [-0.2, -0.15) is 4.39 Å². The number of anilines is 1. The summed E-state index contributed by atoms with van der Waals surface area (Å²) < 4.78 is 20.4. The third-order valence-electron chi connectivity index (χ3n) is 7.25. The second-order valence-corrected chi connectivity index (χ2v) is 10.2. The lowest BCUT2D eigenvalue weighted by Gasteiger charge is -2.27. The molecule has 0 spiro atoms. The van der Waals surface area contributed by atoms with Gasteiger partial charge in [-0.15, -0.1) is 0 Å². The van der Waals surface area contributed by atoms with E-state index in [4.69, 9.17) is 15.6 Å². The molecule has 2 aliphatic rings. The minimum absolute atomic E-state index is 0.0103. The molecule has 2 aromatic heterocycles. The number of rotatable bonds is 9. The number of phenols is 1. The lowest BCUT2D eigenvalue weighted by atomic mass is 9.88. The van der Waals surface area contributed by atoms with Crippen molar-refractivity contribution in [1.82, 2.24) is 10.3 Å². The van der Waals surface area contributed by atoms with Crippen LogP contribution >= 0.6 is 0 Å². The summed E-state index contributed by atoms with van der Waals surface area (Å²) in [6.45, 7) is 3.08. The maximum atomic E-state index is 14.9. The molecule has 0 unspecified atom stereocenters. The fraction of sp³-hybridized carbons (Fsp3) is 0.357. The van der Waals surface area contributed by atoms with E-state index in [-0.39, 0.29) is 51.0 Å². The number of aromatic nitrogens is 1. The maximum Gasteiger partial charge on any atom is 0.255 e. The molecule has 1 atom stereocenters. The second-order valence-electron chi connectivity index (χ2n) is 10.2. The number of furan rings is 1. The SMILES string of the molecule is CC(=N)C(=C(C)N)c1ccc(NC(=O)[C@@H](NC(=O)c2coc3cccc(O)c23)C(C2CC2)C2CC2)nc1F. The molecule has 2 aliphatic carbocycles. The number of fused-ring (bicyclic) bond motifs is 1. The number of carbonyl (C=O) groups is 2. The first-order valence-corrected chi connectivity index (χ1v) is 12.7. The van der Waals surface area contributed by atoms with Crippen LogP contribution in [0.25, 0.3) is 16.5 Å². The molecule has 2 amide bonds. The minimum atomic E-state index is -0.881. The Hall–Kier alpha value is -4.21. The predicted octanol–water partition coefficient (Wildman–Crippen LogP) is 4.58. The number of aromatic hydroxyl groups is 1. The van der Waals surface area contributed by atoms with Crippen molar-refractivity contribution in [2.75, 3.05) is 5.32 Å². The Labute approximate surface area is 218 Å². The Kier molecular flexibility index (Phi) is 6.64. The van der Waals surface area contributed by atoms with Crippen LogP contribution in [0.1, 0.15) is 55.5 Å². The number of carbonyl (C=O) groups excluding carboxylic acids is 2. The molecule has 198 valence electrons. The Bertz CT molecular complexity index is 1460. The Morgan fingerprint density at radius 1 is 1.13 bits per heavy atom. The smallest absolute Gasteiger partial charge is 0.255 e. The van der Waals surface area contributed by atoms with Gasteiger partial charge in [0.15, 0.2) is 0 Å². The number of allylic oxidation sites excluding steroid dienone is 2. The van der Waals surface area contributed by atoms with Crippen molar-refractivity contribution in [2.24, 2.45) is 23.5 Å². The summed E-state index contributed by atoms with van der Waals surface area (Å²) in [7, 11) is 0. The zero-order chi connectivity index (χ0) is 27.1. The Balaban J connectivity index is 1.42. The molecule has 2 saturated carbocycles. The fourth-order valence-corrected chi connectivity index (χ4v) is 5.29. The van der Waals surface area contributed by atoms with E-state index in [1.54, 1.807) is 19.1 Å². The van der Waals surface area contributed by atoms with E-state index < -0.39 is 23.8 Å². The minimum Gasteiger partial charge on any atom is -0.507 e. The molecule has 2 heterocycles. The first-order chi connectivity index (χ1) is 18.2. The second kappa shape index (κ2) is 9.92. The topological polar surface area (TPSA) is 154 Å². The van der Waals surface area contributed by atoms with Crippen molar-refractivity contribution in [3.05, 3.63) is 59.4 Å². The van der Waals surface area contributed by atoms with Gasteiger partial charge in [-0.1, -0.05) is 6.07 Å². The summed E-state index contributed by atoms with van der Waals surface area (Å²) in [5, 5.41) is 24.0. The van der Waals surface area contributed by atoms with Crippen LogP contribution in [0.15, 0.2) is 46.7 Å². The highest BCUT2D eigenvalue weighted by molar-refractivity contribution is 6.21. The molecule has 0 saturated heterocycles. The number of hydrogen-bond donors (Lipinski definition) is 5. The van der Waals surface area contributed by atoms with Crippen molar-refractivity contribution >= 4 is 39.9 Å². The summed E-state index contributed by atoms with van der Waals surface area (Å²) in [5.74, 6) is -1.44. The van der Waals surface area contributed by atoms with Crippen molar-refractivity contribution in [3.63, 3.8) is 0 Å². The highest BCUT2D eigenvalue weighted by Gasteiger charge is 2.48. The van der Waals surface area contributed by atoms with Crippen molar-refractivity contribution in [1.29, 1.82) is 5.41 Å². The van der Waals surface area contributed by atoms with E-state index in [0.29, 0.717) is 17.4 Å². The van der Waals surface area contributed by atoms with Crippen LogP contribution in [0, 0.1) is 29.1 Å². The van der Waals surface area contributed by atoms with Crippen molar-refractivity contribution in [2.45, 2.75) is 45.6 Å². The van der Waals surface area contributed by atoms with Crippen LogP contribution in [-0.4, -0.2) is 33.7 Å². The van der Waals surface area contributed by atoms with Crippen molar-refractivity contribution < 1.29 is 23.5 Å². The summed E-state index contributed by atoms with van der Waals surface area (Å²) in [5.41, 5.74) is 7.03. The zero-order valence-electron chi connectivity index (χ0n) is 21.2. The summed E-state index contributed by atoms with van der Waals surface area (Å²) in [4.78, 5) is 30.8. The lowest BCUT2D eigenvalue weighted by Crippen LogP contribution is -2.50. The van der Waals surface area contributed by atoms with Crippen LogP contribution in [-0.2, 0) is 4.79 Å². The van der Waals surface area contributed by atoms with Crippen LogP contribution < -0.4 is 16.4 Å². The van der Waals surface area contributed by atoms with Gasteiger partial charge < -0.3 is 31.3 Å². The van der Waals surface area contributed by atoms with E-state index in [9.17, 15) is 19.1 Å². The number of hydrogen-bond acceptors (Lipinski definition) is 7. The molecule has 2 fully saturated rings. The van der Waals surface area contributed by atoms with E-state index in [0.717, 1.165) is 25.7 Å². The van der Waals surface area contributed by atoms with Gasteiger partial charge in [0.25, 0.3) is 5.91 Å². The molecule has 0 bridgehead atoms. The monoisotopic (exact) mass is 519 g/mol. The summed E-state index contributed by atoms with van der Waals surface area (Å²) >= 11 is 0. The summed E-state index contributed by atoms with van der Waals surface area (Å²) in [6, 6.07) is 6.72. The van der Waals surface area contributed by atoms with Gasteiger partial charge in [-0.25, -0.2) is 4.98 Å². The number of benzene rings is 1. The van der Waals surface area contributed by atoms with Gasteiger partial charge in [0.1, 0.15) is 29.5 Å². The molecule has 9 nitrogen and oxygen atoms in total. The normalized spacial score (nSPS) is 16.7. The lowest BCUT2D eigenvalue weighted by molar-refractivity contribution is -0.119. The van der Waals surface area contributed by atoms with Crippen LogP contribution in [0.4, 0.5) is 10.2 Å². The van der Waals surface area contributed by atoms with Crippen LogP contribution in [0.5, 0.6) is 5.75 Å². The highest BCUT2D eigenvalue weighted by Crippen LogP contribution is 2.51. The quantitative estimate of drug-likeness (QED) is 0.206. The maximum absolute atomic E-state index is 14.9. The Morgan fingerprint density at radius 3 is 2.39 bits per heavy atom. The number of phenolic OH excluding ortho intramolecular Hbond substituents is 1. The van der Waals surface area contributed by atoms with E-state index in [2.05, 4.69) is 15.6 Å². The largest absolute Gasteiger partial charge is 0.507 e. The molecule has 1 aromatic carbocycles. The van der Waals surface area contributed by atoms with E-state index in [1.807, 2.05) is 0 Å². The molecule has 38 heavy (non-hydrogen) atoms. The predicted molar refractivity (Wildman–Crippen MR) is 141 cm³/mol. The van der Waals surface area contributed by atoms with E-state index >= 15 is 0 Å². The number of nitrogens with two attached hydrogens (primary N) is 1. The Morgan fingerprint density at radius 2 is 1.82 bits per heavy atom. The number of nitrogens with zero attached hydrogens (tertiary/aromatic N) is 1. The van der Waals surface area contributed by atoms with Gasteiger partial charge >= 0.3 is 0 Å². The van der Waals surface area contributed by atoms with Gasteiger partial charge in [-0.05, 0) is 81.5 Å². The molecule has 6 N–H and O–H groups in total. The van der Waals surface area contributed by atoms with Crippen LogP contribution in [0.2, 0.25) is 0 Å². The average molecular weight is 520 g/mol. The van der Waals surface area contributed by atoms with Gasteiger partial charge in [0.05, 0.1) is 10.9 Å². The molecule has 0 radical (unpaired) electrons. The average Bonchev–Trinajstić information content (AvgIpc) is 3.79. The molecule has 0 aliphatic heterocycles. The molecule has 3 aromatic rings. The van der Waals surface area contributed by atoms with Gasteiger partial charge in [0, 0.05) is 22.5 Å². The highest BCUT2D eigenvalue weighted by atomic mass is 19.1. The van der Waals surface area contributed by atoms with Crippen molar-refractivity contribution in [3.8, 4) is 5.75 Å². The first kappa shape index (κ1) is 25.4. The zero-order valence-corrected chi connectivity index (χ0v) is 21.2. The third-order valence-corrected chi connectivity index (χ3v) is 7.25. The number of amides is 2. The molecular formula is C28H30FN5O4. The number of pyridine rings is 1. The molecule has 10 heteroatoms. The fourth-order valence-electron chi connectivity index (χ4n) is 5.29. The molecule has 5 rings (SSSR count). The standard InChI is InChI=1S/C28H30FN5O4/c1-13(30)22(14(2)31)17-10-11-21(32-26(17)29)33-28(37)25(23(15-6-7-15)16-8-9-16)34-27(36)18-12-38-20-5-3-4-19(35)24(18)20/h3-5,10-12,15-16,23,25,30,35H,6-9,31H2,1-2H3,(H,34,36)(H,32,33,37)/t25-/m0/s1. The number of nitrogens with one attached hydrogen (secondary N) is 3. The van der Waals surface area contributed by atoms with Crippen LogP contribution in [0.3, 0.4) is 0 Å². The van der Waals surface area contributed by atoms with Gasteiger partial charge in [-0.3, -0.25) is 9.59 Å². The molecular weight excluding hydrogens is 489 g/mol. The number of halogens is 1. The third kappa shape index (κ3) is 4.98. The van der Waals surface area contributed by atoms with Gasteiger partial charge in [0.2, 0.25) is 11.9 Å². The van der Waals surface area contributed by atoms with E-state index in [1.165, 1.54) is 31.4 Å². The summed E-state index contributed by atoms with van der Waals surface area (Å²) in [6.07, 6.45) is 5.19. The first-order valence-electron chi connectivity index (χ1n) is 12.7.